The van der Waals surface area contributed by atoms with Crippen molar-refractivity contribution in [3.63, 3.8) is 0 Å². The standard InChI is InChI=1S/C47H51N7/c1-39(41-12-30-51(31-13-41)26-2-27-52-32-14-44(15-33-52)42-8-22-49-23-9-42)38-47(5-4-40-6-20-48-21-7-40)46-18-36-54(37-19-46)29-3-28-53-34-16-45(17-35-53)43-10-24-50-25-11-43/h6-25,27-28,30-37,39,47,49-50H,2-5,26,29,38H2,1H3/q+4. The Balaban J connectivity index is 0.961. The second-order valence-electron chi connectivity index (χ2n) is 14.1. The van der Waals surface area contributed by atoms with Crippen molar-refractivity contribution in [2.75, 3.05) is 0 Å². The van der Waals surface area contributed by atoms with Crippen LogP contribution in [0.2, 0.25) is 0 Å². The van der Waals surface area contributed by atoms with Gasteiger partial charge in [0.2, 0.25) is 0 Å². The van der Waals surface area contributed by atoms with Gasteiger partial charge < -0.3 is 10.6 Å². The molecule has 0 bridgehead atoms. The van der Waals surface area contributed by atoms with Gasteiger partial charge in [-0.3, -0.25) is 4.98 Å². The van der Waals surface area contributed by atoms with Crippen molar-refractivity contribution in [2.45, 2.75) is 64.0 Å². The monoisotopic (exact) mass is 713 g/mol. The van der Waals surface area contributed by atoms with E-state index in [0.29, 0.717) is 11.8 Å². The van der Waals surface area contributed by atoms with Crippen LogP contribution >= 0.6 is 0 Å². The third kappa shape index (κ3) is 10.2. The third-order valence-electron chi connectivity index (χ3n) is 10.3. The zero-order valence-corrected chi connectivity index (χ0v) is 31.2. The van der Waals surface area contributed by atoms with E-state index in [1.165, 1.54) is 38.3 Å². The smallest absolute Gasteiger partial charge is 0.174 e. The van der Waals surface area contributed by atoms with Gasteiger partial charge in [0.25, 0.3) is 0 Å². The molecule has 7 rings (SSSR count). The summed E-state index contributed by atoms with van der Waals surface area (Å²) in [5, 5.41) is 8.61. The van der Waals surface area contributed by atoms with Gasteiger partial charge in [-0.15, -0.1) is 0 Å². The normalized spacial score (nSPS) is 14.3. The Kier molecular flexibility index (Phi) is 12.4. The van der Waals surface area contributed by atoms with Gasteiger partial charge in [-0.1, -0.05) is 6.92 Å². The first-order valence-corrected chi connectivity index (χ1v) is 19.1. The van der Waals surface area contributed by atoms with E-state index in [1.807, 2.05) is 37.2 Å². The number of aryl methyl sites for hydroxylation is 3. The quantitative estimate of drug-likeness (QED) is 0.171. The Morgan fingerprint density at radius 3 is 1.52 bits per heavy atom. The fourth-order valence-corrected chi connectivity index (χ4v) is 7.09. The molecule has 0 saturated heterocycles. The molecule has 0 fully saturated rings. The SMILES string of the molecule is CC(CC(CCc1ccncc1)c1cc[n+](CCC=[n+]2ccc(=C3C=CNC=C3)cc2)cc1)c1cc[n+](CCC=[n+]2ccc(=C3C=CNC=C3)cc2)cc1. The molecule has 0 spiro atoms. The van der Waals surface area contributed by atoms with Gasteiger partial charge in [-0.2, -0.15) is 8.49 Å². The fourth-order valence-electron chi connectivity index (χ4n) is 7.09. The Labute approximate surface area is 318 Å². The molecule has 54 heavy (non-hydrogen) atoms. The highest BCUT2D eigenvalue weighted by atomic mass is 14.9. The van der Waals surface area contributed by atoms with E-state index >= 15 is 0 Å². The van der Waals surface area contributed by atoms with Gasteiger partial charge >= 0.3 is 0 Å². The minimum atomic E-state index is 0.441. The van der Waals surface area contributed by atoms with Gasteiger partial charge in [0.05, 0.1) is 12.8 Å². The van der Waals surface area contributed by atoms with Crippen LogP contribution in [0.3, 0.4) is 0 Å². The van der Waals surface area contributed by atoms with Gasteiger partial charge in [0.1, 0.15) is 0 Å². The Morgan fingerprint density at radius 2 is 1.04 bits per heavy atom. The molecule has 7 heterocycles. The van der Waals surface area contributed by atoms with Crippen LogP contribution < -0.4 is 38.7 Å². The summed E-state index contributed by atoms with van der Waals surface area (Å²) in [6.45, 7) is 4.25. The van der Waals surface area contributed by atoms with Crippen LogP contribution in [0.1, 0.15) is 61.1 Å². The number of nitrogens with one attached hydrogen (secondary N) is 2. The highest BCUT2D eigenvalue weighted by molar-refractivity contribution is 5.68. The summed E-state index contributed by atoms with van der Waals surface area (Å²) in [5.74, 6) is 0.896. The first-order chi connectivity index (χ1) is 26.7. The van der Waals surface area contributed by atoms with Crippen molar-refractivity contribution in [3.05, 3.63) is 211 Å². The molecule has 7 heteroatoms. The lowest BCUT2D eigenvalue weighted by Crippen LogP contribution is -2.33. The minimum Gasteiger partial charge on any atom is -0.368 e. The van der Waals surface area contributed by atoms with E-state index in [1.54, 1.807) is 0 Å². The number of rotatable bonds is 13. The van der Waals surface area contributed by atoms with Crippen LogP contribution in [0, 0.1) is 12.4 Å². The first-order valence-electron chi connectivity index (χ1n) is 19.1. The molecule has 0 amide bonds. The molecule has 2 aliphatic rings. The molecular formula is C47H51N7+4. The molecule has 2 unspecified atom stereocenters. The molecule has 7 nitrogen and oxygen atoms in total. The Hall–Kier alpha value is -6.21. The second kappa shape index (κ2) is 18.5. The molecule has 5 aromatic rings. The molecule has 0 aliphatic carbocycles. The average molecular weight is 714 g/mol. The van der Waals surface area contributed by atoms with E-state index in [9.17, 15) is 0 Å². The molecule has 5 aromatic heterocycles. The predicted octanol–water partition coefficient (Wildman–Crippen LogP) is 4.90. The number of aromatic nitrogens is 5. The van der Waals surface area contributed by atoms with Crippen molar-refractivity contribution in [1.82, 2.24) is 15.6 Å². The summed E-state index contributed by atoms with van der Waals surface area (Å²) < 4.78 is 8.88. The lowest BCUT2D eigenvalue weighted by molar-refractivity contribution is -0.698. The summed E-state index contributed by atoms with van der Waals surface area (Å²) >= 11 is 0. The van der Waals surface area contributed by atoms with E-state index < -0.39 is 0 Å². The molecule has 0 saturated carbocycles. The van der Waals surface area contributed by atoms with E-state index in [-0.39, 0.29) is 0 Å². The van der Waals surface area contributed by atoms with Gasteiger partial charge in [0, 0.05) is 85.7 Å². The molecule has 0 radical (unpaired) electrons. The van der Waals surface area contributed by atoms with Crippen LogP contribution in [0.25, 0.3) is 11.1 Å². The van der Waals surface area contributed by atoms with Crippen LogP contribution in [-0.4, -0.2) is 4.98 Å². The highest BCUT2D eigenvalue weighted by Gasteiger charge is 2.19. The molecule has 2 aliphatic heterocycles. The zero-order valence-electron chi connectivity index (χ0n) is 31.2. The number of dihydropyridines is 2. The van der Waals surface area contributed by atoms with Crippen LogP contribution in [0.15, 0.2) is 172 Å². The van der Waals surface area contributed by atoms with E-state index in [2.05, 4.69) is 187 Å². The van der Waals surface area contributed by atoms with Crippen LogP contribution in [0.4, 0.5) is 0 Å². The Morgan fingerprint density at radius 1 is 0.574 bits per heavy atom. The lowest BCUT2D eigenvalue weighted by Gasteiger charge is -2.21. The largest absolute Gasteiger partial charge is 0.368 e. The van der Waals surface area contributed by atoms with E-state index in [4.69, 9.17) is 0 Å². The number of hydrogen-bond acceptors (Lipinski definition) is 3. The minimum absolute atomic E-state index is 0.441. The summed E-state index contributed by atoms with van der Waals surface area (Å²) in [5.41, 5.74) is 6.57. The van der Waals surface area contributed by atoms with Crippen molar-refractivity contribution >= 4 is 11.1 Å². The summed E-state index contributed by atoms with van der Waals surface area (Å²) in [6.07, 6.45) is 47.2. The fraction of sp³-hybridized carbons (Fsp3) is 0.213. The predicted molar refractivity (Wildman–Crippen MR) is 212 cm³/mol. The van der Waals surface area contributed by atoms with Gasteiger partial charge in [0.15, 0.2) is 75.1 Å². The maximum absolute atomic E-state index is 4.23. The van der Waals surface area contributed by atoms with Crippen LogP contribution in [-0.2, 0) is 19.5 Å². The highest BCUT2D eigenvalue weighted by Crippen LogP contribution is 2.32. The summed E-state index contributed by atoms with van der Waals surface area (Å²) in [4.78, 5) is 4.23. The number of pyridine rings is 5. The average Bonchev–Trinajstić information content (AvgIpc) is 3.24. The Bertz CT molecular complexity index is 2300. The van der Waals surface area contributed by atoms with Crippen LogP contribution in [0.5, 0.6) is 0 Å². The third-order valence-corrected chi connectivity index (χ3v) is 10.3. The van der Waals surface area contributed by atoms with Gasteiger partial charge in [-0.25, -0.2) is 9.13 Å². The van der Waals surface area contributed by atoms with Crippen molar-refractivity contribution in [3.8, 4) is 0 Å². The maximum atomic E-state index is 4.23. The summed E-state index contributed by atoms with van der Waals surface area (Å²) in [6, 6.07) is 22.3. The molecule has 270 valence electrons. The molecule has 0 aromatic carbocycles. The van der Waals surface area contributed by atoms with Gasteiger partial charge in [-0.05, 0) is 106 Å². The second-order valence-corrected chi connectivity index (χ2v) is 14.1. The van der Waals surface area contributed by atoms with E-state index in [0.717, 1.165) is 45.2 Å². The number of nitrogens with zero attached hydrogens (tertiary/aromatic N) is 5. The maximum Gasteiger partial charge on any atom is 0.174 e. The zero-order chi connectivity index (χ0) is 36.8. The number of allylic oxidation sites excluding steroid dienone is 4. The molecular weight excluding hydrogens is 663 g/mol. The summed E-state index contributed by atoms with van der Waals surface area (Å²) in [7, 11) is 0. The molecule has 2 atom stereocenters. The lowest BCUT2D eigenvalue weighted by atomic mass is 9.83. The first kappa shape index (κ1) is 36.2. The topological polar surface area (TPSA) is 56.5 Å². The molecule has 2 N–H and O–H groups in total. The number of hydrogen-bond donors (Lipinski definition) is 2. The van der Waals surface area contributed by atoms with Crippen molar-refractivity contribution in [1.29, 1.82) is 0 Å². The van der Waals surface area contributed by atoms with Crippen molar-refractivity contribution < 1.29 is 17.6 Å². The van der Waals surface area contributed by atoms with Crippen molar-refractivity contribution in [2.24, 2.45) is 0 Å².